The molecule has 1 fully saturated rings. The fraction of sp³-hybridized carbons (Fsp3) is 0.382. The van der Waals surface area contributed by atoms with Crippen LogP contribution in [-0.4, -0.2) is 59.0 Å². The number of aryl methyl sites for hydroxylation is 2. The monoisotopic (exact) mass is 654 g/mol. The summed E-state index contributed by atoms with van der Waals surface area (Å²) in [6, 6.07) is 14.9. The van der Waals surface area contributed by atoms with Gasteiger partial charge >= 0.3 is 6.09 Å². The largest absolute Gasteiger partial charge is 0.444 e. The van der Waals surface area contributed by atoms with Crippen LogP contribution in [0.5, 0.6) is 0 Å². The van der Waals surface area contributed by atoms with Crippen molar-refractivity contribution < 1.29 is 18.7 Å². The summed E-state index contributed by atoms with van der Waals surface area (Å²) in [5.74, 6) is 0.145. The lowest BCUT2D eigenvalue weighted by molar-refractivity contribution is 0.0443. The number of hydrogen-bond acceptors (Lipinski definition) is 10. The molecule has 2 atom stereocenters. The first-order valence-electron chi connectivity index (χ1n) is 15.5. The maximum atomic E-state index is 14.2. The van der Waals surface area contributed by atoms with E-state index in [1.54, 1.807) is 55.1 Å². The third-order valence-electron chi connectivity index (χ3n) is 7.88. The number of carbonyl (C=O) groups excluding carboxylic acids is 2. The van der Waals surface area contributed by atoms with Gasteiger partial charge in [-0.25, -0.2) is 14.8 Å². The minimum Gasteiger partial charge on any atom is -0.444 e. The number of amides is 2. The highest BCUT2D eigenvalue weighted by Crippen LogP contribution is 2.36. The van der Waals surface area contributed by atoms with Gasteiger partial charge in [-0.3, -0.25) is 9.48 Å². The van der Waals surface area contributed by atoms with E-state index in [0.29, 0.717) is 29.9 Å². The van der Waals surface area contributed by atoms with E-state index in [1.165, 1.54) is 0 Å². The number of nitrogens with one attached hydrogen (secondary N) is 1. The number of ether oxygens (including phenoxy) is 1. The lowest BCUT2D eigenvalue weighted by Gasteiger charge is -2.29. The molecule has 5 aromatic rings. The smallest absolute Gasteiger partial charge is 0.408 e. The summed E-state index contributed by atoms with van der Waals surface area (Å²) in [7, 11) is 1.81. The lowest BCUT2D eigenvalue weighted by atomic mass is 9.92. The Bertz CT molecular complexity index is 1890. The maximum absolute atomic E-state index is 14.2. The van der Waals surface area contributed by atoms with Crippen molar-refractivity contribution in [2.24, 2.45) is 7.05 Å². The van der Waals surface area contributed by atoms with Crippen LogP contribution >= 0.6 is 11.3 Å². The summed E-state index contributed by atoms with van der Waals surface area (Å²) in [4.78, 5) is 38.6. The van der Waals surface area contributed by atoms with Crippen molar-refractivity contribution in [3.05, 3.63) is 87.8 Å². The van der Waals surface area contributed by atoms with Gasteiger partial charge in [0.05, 0.1) is 17.4 Å². The predicted octanol–water partition coefficient (Wildman–Crippen LogP) is 6.26. The first-order chi connectivity index (χ1) is 22.4. The van der Waals surface area contributed by atoms with Gasteiger partial charge in [-0.1, -0.05) is 30.3 Å². The number of pyridine rings is 1. The van der Waals surface area contributed by atoms with E-state index in [1.807, 2.05) is 67.6 Å². The second-order valence-corrected chi connectivity index (χ2v) is 13.9. The van der Waals surface area contributed by atoms with Crippen LogP contribution in [0.15, 0.2) is 64.5 Å². The molecule has 1 aliphatic rings. The number of thiazole rings is 1. The van der Waals surface area contributed by atoms with Gasteiger partial charge in [-0.05, 0) is 71.2 Å². The number of hydrogen-bond donors (Lipinski definition) is 1. The Morgan fingerprint density at radius 2 is 1.83 bits per heavy atom. The van der Waals surface area contributed by atoms with E-state index in [9.17, 15) is 9.59 Å². The van der Waals surface area contributed by atoms with Crippen LogP contribution in [0.25, 0.3) is 23.0 Å². The number of likely N-dealkylation sites (tertiary alicyclic amines) is 1. The molecule has 0 bridgehead atoms. The Kier molecular flexibility index (Phi) is 8.66. The van der Waals surface area contributed by atoms with Crippen LogP contribution in [0.4, 0.5) is 4.79 Å². The molecule has 0 aliphatic carbocycles. The maximum Gasteiger partial charge on any atom is 0.408 e. The third kappa shape index (κ3) is 7.09. The number of benzene rings is 1. The molecule has 5 heterocycles. The quantitative estimate of drug-likeness (QED) is 0.205. The zero-order valence-corrected chi connectivity index (χ0v) is 28.2. The molecule has 0 unspecified atom stereocenters. The van der Waals surface area contributed by atoms with Crippen molar-refractivity contribution in [3.8, 4) is 23.0 Å². The highest BCUT2D eigenvalue weighted by Gasteiger charge is 2.37. The van der Waals surface area contributed by atoms with Gasteiger partial charge in [0.2, 0.25) is 5.89 Å². The van der Waals surface area contributed by atoms with Gasteiger partial charge in [0.1, 0.15) is 21.8 Å². The summed E-state index contributed by atoms with van der Waals surface area (Å²) in [6.45, 7) is 9.79. The fourth-order valence-electron chi connectivity index (χ4n) is 5.73. The van der Waals surface area contributed by atoms with E-state index in [-0.39, 0.29) is 23.7 Å². The van der Waals surface area contributed by atoms with E-state index in [0.717, 1.165) is 34.8 Å². The Balaban J connectivity index is 1.38. The standard InChI is InChI=1S/C34H38N8O4S/c1-21-20-47-29(36-21)27-13-10-16-42(27)30(43)23-17-24(26-14-15-35-41(26)6)37-25(18-23)28-39-40-31(45-28)34(5,19-22-11-8-7-9-12-22)38-32(44)46-33(2,3)4/h7-9,11-12,14-15,17-18,20,27H,10,13,16,19H2,1-6H3,(H,38,44)/t27-,34-/m1/s1. The molecule has 6 rings (SSSR count). The van der Waals surface area contributed by atoms with Gasteiger partial charge in [0.25, 0.3) is 11.8 Å². The van der Waals surface area contributed by atoms with Gasteiger partial charge in [0, 0.05) is 42.8 Å². The predicted molar refractivity (Wildman–Crippen MR) is 176 cm³/mol. The number of aromatic nitrogens is 6. The van der Waals surface area contributed by atoms with Crippen LogP contribution < -0.4 is 5.32 Å². The van der Waals surface area contributed by atoms with Crippen LogP contribution in [-0.2, 0) is 23.7 Å². The molecule has 12 nitrogen and oxygen atoms in total. The Morgan fingerprint density at radius 1 is 1.06 bits per heavy atom. The van der Waals surface area contributed by atoms with Gasteiger partial charge in [-0.15, -0.1) is 21.5 Å². The minimum atomic E-state index is -1.12. The fourth-order valence-corrected chi connectivity index (χ4v) is 6.68. The summed E-state index contributed by atoms with van der Waals surface area (Å²) < 4.78 is 13.6. The van der Waals surface area contributed by atoms with Crippen molar-refractivity contribution in [2.75, 3.05) is 6.54 Å². The lowest BCUT2D eigenvalue weighted by Crippen LogP contribution is -2.47. The number of rotatable bonds is 8. The van der Waals surface area contributed by atoms with E-state index in [4.69, 9.17) is 14.1 Å². The highest BCUT2D eigenvalue weighted by molar-refractivity contribution is 7.09. The zero-order valence-electron chi connectivity index (χ0n) is 27.4. The molecule has 1 aliphatic heterocycles. The van der Waals surface area contributed by atoms with Crippen molar-refractivity contribution in [2.45, 2.75) is 71.1 Å². The molecule has 244 valence electrons. The number of carbonyl (C=O) groups is 2. The summed E-state index contributed by atoms with van der Waals surface area (Å²) in [6.07, 6.45) is 3.15. The Morgan fingerprint density at radius 3 is 2.51 bits per heavy atom. The number of alkyl carbamates (subject to hydrolysis) is 1. The molecule has 1 N–H and O–H groups in total. The average molecular weight is 655 g/mol. The van der Waals surface area contributed by atoms with Crippen molar-refractivity contribution >= 4 is 23.3 Å². The van der Waals surface area contributed by atoms with Crippen LogP contribution in [0.3, 0.4) is 0 Å². The molecule has 0 spiro atoms. The molecule has 1 saturated heterocycles. The topological polar surface area (TPSA) is 141 Å². The van der Waals surface area contributed by atoms with E-state index < -0.39 is 17.2 Å². The molecule has 13 heteroatoms. The summed E-state index contributed by atoms with van der Waals surface area (Å²) >= 11 is 1.58. The Labute approximate surface area is 277 Å². The molecule has 4 aromatic heterocycles. The molecular weight excluding hydrogens is 616 g/mol. The highest BCUT2D eigenvalue weighted by atomic mass is 32.1. The summed E-state index contributed by atoms with van der Waals surface area (Å²) in [5.41, 5.74) is 2.08. The molecular formula is C34H38N8O4S. The molecule has 0 radical (unpaired) electrons. The number of nitrogens with zero attached hydrogens (tertiary/aromatic N) is 7. The van der Waals surface area contributed by atoms with Crippen molar-refractivity contribution in [1.82, 2.24) is 40.2 Å². The zero-order chi connectivity index (χ0) is 33.3. The normalized spacial score (nSPS) is 16.2. The molecule has 0 saturated carbocycles. The van der Waals surface area contributed by atoms with E-state index >= 15 is 0 Å². The van der Waals surface area contributed by atoms with Crippen LogP contribution in [0, 0.1) is 6.92 Å². The van der Waals surface area contributed by atoms with Crippen molar-refractivity contribution in [1.29, 1.82) is 0 Å². The van der Waals surface area contributed by atoms with Crippen LogP contribution in [0.2, 0.25) is 0 Å². The summed E-state index contributed by atoms with van der Waals surface area (Å²) in [5, 5.41) is 18.9. The second kappa shape index (κ2) is 12.7. The first kappa shape index (κ1) is 32.0. The molecule has 1 aromatic carbocycles. The Hall–Kier alpha value is -4.91. The van der Waals surface area contributed by atoms with Gasteiger partial charge in [-0.2, -0.15) is 5.10 Å². The van der Waals surface area contributed by atoms with Crippen LogP contribution in [0.1, 0.15) is 79.1 Å². The SMILES string of the molecule is Cc1csc([C@H]2CCCN2C(=O)c2cc(-c3nnc([C@@](C)(Cc4ccccc4)NC(=O)OC(C)(C)C)o3)nc(-c3ccnn3C)c2)n1. The van der Waals surface area contributed by atoms with Crippen molar-refractivity contribution in [3.63, 3.8) is 0 Å². The second-order valence-electron chi connectivity index (χ2n) is 13.0. The molecule has 2 amide bonds. The molecule has 47 heavy (non-hydrogen) atoms. The first-order valence-corrected chi connectivity index (χ1v) is 16.4. The van der Waals surface area contributed by atoms with Gasteiger partial charge in [0.15, 0.2) is 0 Å². The third-order valence-corrected chi connectivity index (χ3v) is 8.95. The minimum absolute atomic E-state index is 0.0920. The van der Waals surface area contributed by atoms with E-state index in [2.05, 4.69) is 25.6 Å². The van der Waals surface area contributed by atoms with Gasteiger partial charge < -0.3 is 19.4 Å². The average Bonchev–Trinajstić information content (AvgIpc) is 3.83.